The third kappa shape index (κ3) is 4.16. The van der Waals surface area contributed by atoms with E-state index in [4.69, 9.17) is 16.3 Å². The highest BCUT2D eigenvalue weighted by atomic mass is 35.5. The van der Waals surface area contributed by atoms with Gasteiger partial charge in [0.15, 0.2) is 5.82 Å². The summed E-state index contributed by atoms with van der Waals surface area (Å²) in [5.74, 6) is 1.42. The molecule has 2 rings (SSSR count). The van der Waals surface area contributed by atoms with Crippen LogP contribution in [-0.4, -0.2) is 23.6 Å². The second-order valence-corrected chi connectivity index (χ2v) is 5.26. The van der Waals surface area contributed by atoms with Crippen molar-refractivity contribution >= 4 is 28.8 Å². The Morgan fingerprint density at radius 1 is 1.42 bits per heavy atom. The number of hydrogen-bond donors (Lipinski definition) is 0. The highest BCUT2D eigenvalue weighted by Crippen LogP contribution is 2.18. The Morgan fingerprint density at radius 2 is 2.26 bits per heavy atom. The molecule has 19 heavy (non-hydrogen) atoms. The van der Waals surface area contributed by atoms with Crippen LogP contribution in [0.3, 0.4) is 0 Å². The molecule has 0 N–H and O–H groups in total. The van der Waals surface area contributed by atoms with Crippen LogP contribution < -0.4 is 4.90 Å². The van der Waals surface area contributed by atoms with Gasteiger partial charge >= 0.3 is 0 Å². The third-order valence-corrected chi connectivity index (χ3v) is 3.48. The molecule has 4 nitrogen and oxygen atoms in total. The minimum Gasteiger partial charge on any atom is -0.374 e. The molecular formula is C13H16ClN3OS. The SMILES string of the molecule is CCOCc1nc(Cl)cc(N(C)Cc2ccsc2)n1. The number of aromatic nitrogens is 2. The molecule has 0 aliphatic rings. The first kappa shape index (κ1) is 14.2. The fourth-order valence-corrected chi connectivity index (χ4v) is 2.50. The van der Waals surface area contributed by atoms with Gasteiger partial charge in [-0.3, -0.25) is 0 Å². The van der Waals surface area contributed by atoms with Gasteiger partial charge in [0.05, 0.1) is 0 Å². The molecule has 0 aliphatic heterocycles. The summed E-state index contributed by atoms with van der Waals surface area (Å²) in [5, 5.41) is 4.63. The van der Waals surface area contributed by atoms with Crippen LogP contribution >= 0.6 is 22.9 Å². The van der Waals surface area contributed by atoms with Crippen LogP contribution in [0.25, 0.3) is 0 Å². The van der Waals surface area contributed by atoms with Crippen molar-refractivity contribution in [1.82, 2.24) is 9.97 Å². The molecule has 0 saturated carbocycles. The highest BCUT2D eigenvalue weighted by molar-refractivity contribution is 7.07. The van der Waals surface area contributed by atoms with E-state index in [1.54, 1.807) is 17.4 Å². The minimum absolute atomic E-state index is 0.385. The van der Waals surface area contributed by atoms with Crippen molar-refractivity contribution in [3.63, 3.8) is 0 Å². The number of hydrogen-bond acceptors (Lipinski definition) is 5. The van der Waals surface area contributed by atoms with Crippen molar-refractivity contribution in [2.45, 2.75) is 20.1 Å². The van der Waals surface area contributed by atoms with Gasteiger partial charge in [-0.05, 0) is 29.3 Å². The average molecular weight is 298 g/mol. The Hall–Kier alpha value is -1.17. The van der Waals surface area contributed by atoms with Crippen molar-refractivity contribution < 1.29 is 4.74 Å². The molecule has 0 bridgehead atoms. The molecule has 102 valence electrons. The number of anilines is 1. The Bertz CT molecular complexity index is 519. The summed E-state index contributed by atoms with van der Waals surface area (Å²) < 4.78 is 5.31. The molecular weight excluding hydrogens is 282 g/mol. The van der Waals surface area contributed by atoms with Crippen LogP contribution in [0.4, 0.5) is 5.82 Å². The largest absolute Gasteiger partial charge is 0.374 e. The number of halogens is 1. The maximum atomic E-state index is 6.02. The predicted molar refractivity (Wildman–Crippen MR) is 78.8 cm³/mol. The minimum atomic E-state index is 0.385. The van der Waals surface area contributed by atoms with Crippen LogP contribution in [0.2, 0.25) is 5.15 Å². The summed E-state index contributed by atoms with van der Waals surface area (Å²) in [6.45, 7) is 3.76. The summed E-state index contributed by atoms with van der Waals surface area (Å²) in [7, 11) is 1.99. The van der Waals surface area contributed by atoms with Crippen LogP contribution in [0.1, 0.15) is 18.3 Å². The summed E-state index contributed by atoms with van der Waals surface area (Å²) in [4.78, 5) is 10.7. The quantitative estimate of drug-likeness (QED) is 0.766. The van der Waals surface area contributed by atoms with Crippen molar-refractivity contribution in [2.75, 3.05) is 18.6 Å². The van der Waals surface area contributed by atoms with E-state index in [0.717, 1.165) is 12.4 Å². The van der Waals surface area contributed by atoms with Gasteiger partial charge in [0.1, 0.15) is 17.6 Å². The van der Waals surface area contributed by atoms with E-state index in [0.29, 0.717) is 24.2 Å². The molecule has 2 aromatic rings. The number of nitrogens with zero attached hydrogens (tertiary/aromatic N) is 3. The molecule has 0 unspecified atom stereocenters. The lowest BCUT2D eigenvalue weighted by Crippen LogP contribution is -2.18. The molecule has 2 aromatic heterocycles. The first-order valence-electron chi connectivity index (χ1n) is 6.02. The van der Waals surface area contributed by atoms with Crippen molar-refractivity contribution in [1.29, 1.82) is 0 Å². The normalized spacial score (nSPS) is 10.7. The predicted octanol–water partition coefficient (Wildman–Crippen LogP) is 3.36. The molecule has 0 aromatic carbocycles. The standard InChI is InChI=1S/C13H16ClN3OS/c1-3-18-8-12-15-11(14)6-13(16-12)17(2)7-10-4-5-19-9-10/h4-6,9H,3,7-8H2,1-2H3. The van der Waals surface area contributed by atoms with E-state index in [2.05, 4.69) is 26.8 Å². The maximum Gasteiger partial charge on any atom is 0.158 e. The molecule has 0 amide bonds. The highest BCUT2D eigenvalue weighted by Gasteiger charge is 2.08. The molecule has 0 aliphatic carbocycles. The van der Waals surface area contributed by atoms with Crippen LogP contribution in [-0.2, 0) is 17.9 Å². The molecule has 6 heteroatoms. The zero-order chi connectivity index (χ0) is 13.7. The summed E-state index contributed by atoms with van der Waals surface area (Å²) in [5.41, 5.74) is 1.26. The van der Waals surface area contributed by atoms with Gasteiger partial charge in [-0.1, -0.05) is 11.6 Å². The zero-order valence-corrected chi connectivity index (χ0v) is 12.5. The Kier molecular flexibility index (Phi) is 5.13. The second kappa shape index (κ2) is 6.84. The van der Waals surface area contributed by atoms with E-state index in [1.807, 2.05) is 18.9 Å². The van der Waals surface area contributed by atoms with Crippen LogP contribution in [0.5, 0.6) is 0 Å². The van der Waals surface area contributed by atoms with Crippen molar-refractivity contribution in [3.8, 4) is 0 Å². The van der Waals surface area contributed by atoms with Gasteiger partial charge < -0.3 is 9.64 Å². The first-order chi connectivity index (χ1) is 9.19. The molecule has 0 saturated heterocycles. The zero-order valence-electron chi connectivity index (χ0n) is 11.0. The molecule has 0 fully saturated rings. The summed E-state index contributed by atoms with van der Waals surface area (Å²) >= 11 is 7.71. The average Bonchev–Trinajstić information content (AvgIpc) is 2.88. The maximum absolute atomic E-state index is 6.02. The summed E-state index contributed by atoms with van der Waals surface area (Å²) in [6.07, 6.45) is 0. The Labute approximate surface area is 122 Å². The first-order valence-corrected chi connectivity index (χ1v) is 7.34. The van der Waals surface area contributed by atoms with Gasteiger partial charge in [-0.25, -0.2) is 9.97 Å². The third-order valence-electron chi connectivity index (χ3n) is 2.55. The number of ether oxygens (including phenoxy) is 1. The number of thiophene rings is 1. The van der Waals surface area contributed by atoms with E-state index < -0.39 is 0 Å². The molecule has 0 spiro atoms. The van der Waals surface area contributed by atoms with Gasteiger partial charge in [-0.2, -0.15) is 11.3 Å². The van der Waals surface area contributed by atoms with Crippen LogP contribution in [0, 0.1) is 0 Å². The van der Waals surface area contributed by atoms with Gasteiger partial charge in [0.25, 0.3) is 0 Å². The van der Waals surface area contributed by atoms with Crippen molar-refractivity contribution in [2.24, 2.45) is 0 Å². The Balaban J connectivity index is 2.11. The van der Waals surface area contributed by atoms with E-state index in [-0.39, 0.29) is 0 Å². The van der Waals surface area contributed by atoms with Crippen molar-refractivity contribution in [3.05, 3.63) is 39.4 Å². The lowest BCUT2D eigenvalue weighted by Gasteiger charge is -2.18. The fourth-order valence-electron chi connectivity index (χ4n) is 1.64. The molecule has 0 atom stereocenters. The topological polar surface area (TPSA) is 38.2 Å². The van der Waals surface area contributed by atoms with E-state index >= 15 is 0 Å². The molecule has 2 heterocycles. The van der Waals surface area contributed by atoms with Gasteiger partial charge in [0, 0.05) is 26.3 Å². The lowest BCUT2D eigenvalue weighted by atomic mass is 10.3. The van der Waals surface area contributed by atoms with Gasteiger partial charge in [-0.15, -0.1) is 0 Å². The smallest absolute Gasteiger partial charge is 0.158 e. The summed E-state index contributed by atoms with van der Waals surface area (Å²) in [6, 6.07) is 3.87. The monoisotopic (exact) mass is 297 g/mol. The van der Waals surface area contributed by atoms with E-state index in [1.165, 1.54) is 5.56 Å². The Morgan fingerprint density at radius 3 is 2.95 bits per heavy atom. The van der Waals surface area contributed by atoms with Gasteiger partial charge in [0.2, 0.25) is 0 Å². The second-order valence-electron chi connectivity index (χ2n) is 4.09. The number of rotatable bonds is 6. The fraction of sp³-hybridized carbons (Fsp3) is 0.385. The molecule has 0 radical (unpaired) electrons. The van der Waals surface area contributed by atoms with Crippen LogP contribution in [0.15, 0.2) is 22.9 Å². The lowest BCUT2D eigenvalue weighted by molar-refractivity contribution is 0.128. The van der Waals surface area contributed by atoms with E-state index in [9.17, 15) is 0 Å².